The van der Waals surface area contributed by atoms with E-state index in [9.17, 15) is 8.42 Å². The molecule has 11 nitrogen and oxygen atoms in total. The number of aromatic nitrogens is 5. The fourth-order valence-electron chi connectivity index (χ4n) is 2.75. The van der Waals surface area contributed by atoms with E-state index in [0.717, 1.165) is 0 Å². The van der Waals surface area contributed by atoms with E-state index < -0.39 is 10.0 Å². The summed E-state index contributed by atoms with van der Waals surface area (Å²) in [5.41, 5.74) is 0.900. The molecule has 148 valence electrons. The maximum atomic E-state index is 12.6. The van der Waals surface area contributed by atoms with Crippen molar-refractivity contribution >= 4 is 21.9 Å². The highest BCUT2D eigenvalue weighted by atomic mass is 32.2. The third kappa shape index (κ3) is 4.34. The molecule has 2 N–H and O–H groups in total. The van der Waals surface area contributed by atoms with Crippen LogP contribution in [0.25, 0.3) is 0 Å². The van der Waals surface area contributed by atoms with Crippen LogP contribution in [-0.4, -0.2) is 74.0 Å². The summed E-state index contributed by atoms with van der Waals surface area (Å²) in [5, 5.41) is 6.62. The van der Waals surface area contributed by atoms with Gasteiger partial charge in [0.1, 0.15) is 4.90 Å². The Bertz CT molecular complexity index is 886. The molecular weight excluding hydrogens is 372 g/mol. The first kappa shape index (κ1) is 19.5. The second-order valence-electron chi connectivity index (χ2n) is 6.43. The molecule has 1 fully saturated rings. The second-order valence-corrected chi connectivity index (χ2v) is 8.14. The first-order valence-electron chi connectivity index (χ1n) is 8.54. The van der Waals surface area contributed by atoms with E-state index >= 15 is 0 Å². The Morgan fingerprint density at radius 1 is 1.19 bits per heavy atom. The van der Waals surface area contributed by atoms with Crippen molar-refractivity contribution in [1.82, 2.24) is 29.9 Å². The lowest BCUT2D eigenvalue weighted by molar-refractivity contribution is 0.122. The van der Waals surface area contributed by atoms with Crippen molar-refractivity contribution in [2.45, 2.75) is 25.3 Å². The standard InChI is InChI=1S/C15H24N8O3S/c1-10-13(11(2)21-20-10)27(24,25)16-9-12-17-14(22(3)4)19-15(18-12)23-5-7-26-8-6-23/h16H,5-9H2,1-4H3,(H,20,21). The maximum Gasteiger partial charge on any atom is 0.244 e. The largest absolute Gasteiger partial charge is 0.378 e. The van der Waals surface area contributed by atoms with Crippen LogP contribution in [-0.2, 0) is 21.3 Å². The number of morpholine rings is 1. The molecule has 3 rings (SSSR count). The highest BCUT2D eigenvalue weighted by Gasteiger charge is 2.23. The Balaban J connectivity index is 1.84. The number of nitrogens with zero attached hydrogens (tertiary/aromatic N) is 6. The smallest absolute Gasteiger partial charge is 0.244 e. The predicted octanol–water partition coefficient (Wildman–Crippen LogP) is -0.407. The average Bonchev–Trinajstić information content (AvgIpc) is 2.99. The van der Waals surface area contributed by atoms with Crippen molar-refractivity contribution in [3.8, 4) is 0 Å². The number of aromatic amines is 1. The monoisotopic (exact) mass is 396 g/mol. The molecule has 3 heterocycles. The van der Waals surface area contributed by atoms with E-state index in [1.807, 2.05) is 19.0 Å². The van der Waals surface area contributed by atoms with E-state index in [1.165, 1.54) is 0 Å². The normalized spacial score (nSPS) is 15.2. The van der Waals surface area contributed by atoms with Gasteiger partial charge in [-0.3, -0.25) is 5.10 Å². The van der Waals surface area contributed by atoms with Crippen LogP contribution >= 0.6 is 0 Å². The van der Waals surface area contributed by atoms with Gasteiger partial charge in [0.2, 0.25) is 21.9 Å². The molecule has 0 unspecified atom stereocenters. The van der Waals surface area contributed by atoms with Crippen molar-refractivity contribution in [1.29, 1.82) is 0 Å². The zero-order valence-corrected chi connectivity index (χ0v) is 16.7. The van der Waals surface area contributed by atoms with Gasteiger partial charge in [-0.25, -0.2) is 13.1 Å². The molecular formula is C15H24N8O3S. The van der Waals surface area contributed by atoms with Crippen molar-refractivity contribution in [3.63, 3.8) is 0 Å². The molecule has 0 saturated carbocycles. The molecule has 0 amide bonds. The van der Waals surface area contributed by atoms with E-state index in [4.69, 9.17) is 4.74 Å². The molecule has 1 aliphatic heterocycles. The lowest BCUT2D eigenvalue weighted by Crippen LogP contribution is -2.38. The number of hydrogen-bond donors (Lipinski definition) is 2. The second kappa shape index (κ2) is 7.74. The molecule has 2 aromatic heterocycles. The van der Waals surface area contributed by atoms with Crippen LogP contribution in [0.4, 0.5) is 11.9 Å². The predicted molar refractivity (Wildman–Crippen MR) is 99.3 cm³/mol. The number of ether oxygens (including phenoxy) is 1. The molecule has 0 radical (unpaired) electrons. The van der Waals surface area contributed by atoms with Gasteiger partial charge in [-0.15, -0.1) is 0 Å². The van der Waals surface area contributed by atoms with E-state index in [-0.39, 0.29) is 11.4 Å². The van der Waals surface area contributed by atoms with Gasteiger partial charge < -0.3 is 14.5 Å². The van der Waals surface area contributed by atoms with E-state index in [0.29, 0.717) is 55.4 Å². The molecule has 0 atom stereocenters. The van der Waals surface area contributed by atoms with Gasteiger partial charge in [0.25, 0.3) is 0 Å². The Labute approximate surface area is 158 Å². The van der Waals surface area contributed by atoms with E-state index in [2.05, 4.69) is 29.9 Å². The number of hydrogen-bond acceptors (Lipinski definition) is 9. The summed E-state index contributed by atoms with van der Waals surface area (Å²) in [6, 6.07) is 0. The number of rotatable bonds is 6. The van der Waals surface area contributed by atoms with Gasteiger partial charge in [0.05, 0.1) is 31.1 Å². The van der Waals surface area contributed by atoms with Gasteiger partial charge in [0, 0.05) is 27.2 Å². The molecule has 0 aliphatic carbocycles. The summed E-state index contributed by atoms with van der Waals surface area (Å²) in [5.74, 6) is 1.33. The van der Waals surface area contributed by atoms with Gasteiger partial charge >= 0.3 is 0 Å². The SMILES string of the molecule is Cc1n[nH]c(C)c1S(=O)(=O)NCc1nc(N(C)C)nc(N2CCOCC2)n1. The minimum absolute atomic E-state index is 0.0485. The molecule has 12 heteroatoms. The number of aryl methyl sites for hydroxylation is 2. The Kier molecular flexibility index (Phi) is 5.58. The molecule has 1 saturated heterocycles. The molecule has 1 aliphatic rings. The van der Waals surface area contributed by atoms with Crippen LogP contribution in [0.2, 0.25) is 0 Å². The average molecular weight is 396 g/mol. The summed E-state index contributed by atoms with van der Waals surface area (Å²) in [6.07, 6.45) is 0. The van der Waals surface area contributed by atoms with Crippen molar-refractivity contribution in [3.05, 3.63) is 17.2 Å². The lowest BCUT2D eigenvalue weighted by atomic mass is 10.4. The van der Waals surface area contributed by atoms with E-state index in [1.54, 1.807) is 18.7 Å². The summed E-state index contributed by atoms with van der Waals surface area (Å²) >= 11 is 0. The van der Waals surface area contributed by atoms with Crippen LogP contribution in [0.3, 0.4) is 0 Å². The Morgan fingerprint density at radius 3 is 2.48 bits per heavy atom. The number of anilines is 2. The van der Waals surface area contributed by atoms with Gasteiger partial charge in [-0.1, -0.05) is 0 Å². The Morgan fingerprint density at radius 2 is 1.89 bits per heavy atom. The summed E-state index contributed by atoms with van der Waals surface area (Å²) in [6.45, 7) is 5.81. The zero-order valence-electron chi connectivity index (χ0n) is 15.9. The number of H-pyrrole nitrogens is 1. The summed E-state index contributed by atoms with van der Waals surface area (Å²) < 4.78 is 33.2. The molecule has 0 spiro atoms. The fourth-order valence-corrected chi connectivity index (χ4v) is 4.09. The molecule has 0 aromatic carbocycles. The maximum absolute atomic E-state index is 12.6. The third-order valence-electron chi connectivity index (χ3n) is 4.10. The van der Waals surface area contributed by atoms with Crippen LogP contribution in [0.15, 0.2) is 4.90 Å². The quantitative estimate of drug-likeness (QED) is 0.669. The summed E-state index contributed by atoms with van der Waals surface area (Å²) in [7, 11) is -0.0907. The number of sulfonamides is 1. The third-order valence-corrected chi connectivity index (χ3v) is 5.77. The van der Waals surface area contributed by atoms with Crippen molar-refractivity contribution in [2.24, 2.45) is 0 Å². The summed E-state index contributed by atoms with van der Waals surface area (Å²) in [4.78, 5) is 17.2. The Hall–Kier alpha value is -2.31. The molecule has 2 aromatic rings. The molecule has 27 heavy (non-hydrogen) atoms. The number of nitrogens with one attached hydrogen (secondary N) is 2. The minimum atomic E-state index is -3.74. The van der Waals surface area contributed by atoms with Crippen LogP contribution < -0.4 is 14.5 Å². The fraction of sp³-hybridized carbons (Fsp3) is 0.600. The first-order chi connectivity index (χ1) is 12.8. The van der Waals surface area contributed by atoms with Gasteiger partial charge in [-0.05, 0) is 13.8 Å². The topological polar surface area (TPSA) is 129 Å². The van der Waals surface area contributed by atoms with Crippen molar-refractivity contribution < 1.29 is 13.2 Å². The van der Waals surface area contributed by atoms with Gasteiger partial charge in [0.15, 0.2) is 5.82 Å². The molecule has 0 bridgehead atoms. The minimum Gasteiger partial charge on any atom is -0.378 e. The van der Waals surface area contributed by atoms with Gasteiger partial charge in [-0.2, -0.15) is 20.1 Å². The first-order valence-corrected chi connectivity index (χ1v) is 10.0. The highest BCUT2D eigenvalue weighted by molar-refractivity contribution is 7.89. The lowest BCUT2D eigenvalue weighted by Gasteiger charge is -2.27. The highest BCUT2D eigenvalue weighted by Crippen LogP contribution is 2.18. The zero-order chi connectivity index (χ0) is 19.6. The van der Waals surface area contributed by atoms with Crippen molar-refractivity contribution in [2.75, 3.05) is 50.2 Å². The van der Waals surface area contributed by atoms with Crippen LogP contribution in [0.5, 0.6) is 0 Å². The van der Waals surface area contributed by atoms with Crippen LogP contribution in [0.1, 0.15) is 17.2 Å². The van der Waals surface area contributed by atoms with Crippen LogP contribution in [0, 0.1) is 13.8 Å².